The van der Waals surface area contributed by atoms with E-state index in [1.165, 1.54) is 41.6 Å². The van der Waals surface area contributed by atoms with Crippen molar-refractivity contribution in [1.82, 2.24) is 9.79 Å². The van der Waals surface area contributed by atoms with Crippen LogP contribution in [0.25, 0.3) is 0 Å². The fourth-order valence-electron chi connectivity index (χ4n) is 3.43. The number of hydrogen-bond donors (Lipinski definition) is 2. The molecule has 10 heteroatoms. The molecule has 2 amide bonds. The van der Waals surface area contributed by atoms with Crippen LogP contribution in [0.1, 0.15) is 12.5 Å². The molecule has 3 rings (SSSR count). The van der Waals surface area contributed by atoms with Crippen molar-refractivity contribution in [3.8, 4) is 5.75 Å². The molecule has 2 N–H and O–H groups in total. The van der Waals surface area contributed by atoms with Crippen LogP contribution in [0.15, 0.2) is 71.8 Å². The third kappa shape index (κ3) is 4.74. The molecule has 0 fully saturated rings. The van der Waals surface area contributed by atoms with Gasteiger partial charge in [-0.25, -0.2) is 13.9 Å². The number of hydrogen-bond acceptors (Lipinski definition) is 6. The quantitative estimate of drug-likeness (QED) is 0.388. The highest BCUT2D eigenvalue weighted by atomic mass is 32.2. The Morgan fingerprint density at radius 1 is 1.25 bits per heavy atom. The summed E-state index contributed by atoms with van der Waals surface area (Å²) in [5, 5.41) is 9.26. The first kappa shape index (κ1) is 23.2. The monoisotopic (exact) mass is 457 g/mol. The Labute approximate surface area is 186 Å². The second kappa shape index (κ2) is 9.80. The van der Waals surface area contributed by atoms with E-state index in [4.69, 9.17) is 4.74 Å². The van der Waals surface area contributed by atoms with Crippen LogP contribution < -0.4 is 15.1 Å². The van der Waals surface area contributed by atoms with Crippen LogP contribution in [0.5, 0.6) is 5.75 Å². The summed E-state index contributed by atoms with van der Waals surface area (Å²) in [4.78, 5) is 26.0. The minimum absolute atomic E-state index is 0.0615. The summed E-state index contributed by atoms with van der Waals surface area (Å²) in [5.74, 6) is -0.852. The first-order chi connectivity index (χ1) is 15.3. The van der Waals surface area contributed by atoms with Crippen molar-refractivity contribution in [3.05, 3.63) is 72.5 Å². The van der Waals surface area contributed by atoms with Gasteiger partial charge >= 0.3 is 0 Å². The van der Waals surface area contributed by atoms with Crippen molar-refractivity contribution in [3.63, 3.8) is 0 Å². The highest BCUT2D eigenvalue weighted by molar-refractivity contribution is 7.89. The number of rotatable bonds is 6. The third-order valence-corrected chi connectivity index (χ3v) is 6.88. The maximum Gasteiger partial charge on any atom is 0.263 e. The van der Waals surface area contributed by atoms with Gasteiger partial charge in [-0.15, -0.1) is 5.73 Å². The van der Waals surface area contributed by atoms with Crippen LogP contribution in [0, 0.1) is 0 Å². The van der Waals surface area contributed by atoms with E-state index in [-0.39, 0.29) is 30.5 Å². The van der Waals surface area contributed by atoms with Crippen molar-refractivity contribution in [2.24, 2.45) is 0 Å². The number of nitrogens with zero attached hydrogens (tertiary/aromatic N) is 2. The van der Waals surface area contributed by atoms with E-state index in [0.29, 0.717) is 17.0 Å². The van der Waals surface area contributed by atoms with Crippen LogP contribution in [0.2, 0.25) is 0 Å². The Bertz CT molecular complexity index is 1160. The molecule has 2 aromatic carbocycles. The molecule has 32 heavy (non-hydrogen) atoms. The minimum atomic E-state index is -4.19. The largest absolute Gasteiger partial charge is 0.489 e. The number of amides is 2. The Morgan fingerprint density at radius 2 is 1.94 bits per heavy atom. The number of nitrogens with one attached hydrogen (secondary N) is 1. The van der Waals surface area contributed by atoms with E-state index in [1.807, 2.05) is 0 Å². The molecule has 1 aliphatic heterocycles. The van der Waals surface area contributed by atoms with Gasteiger partial charge in [-0.05, 0) is 42.0 Å². The Hall–Kier alpha value is -3.43. The summed E-state index contributed by atoms with van der Waals surface area (Å²) in [6.07, 6.45) is 1.58. The molecule has 0 saturated carbocycles. The lowest BCUT2D eigenvalue weighted by atomic mass is 10.1. The number of carbonyl (C=O) groups excluding carboxylic acids is 2. The van der Waals surface area contributed by atoms with Gasteiger partial charge in [-0.2, -0.15) is 4.31 Å². The van der Waals surface area contributed by atoms with E-state index in [0.717, 1.165) is 4.31 Å². The molecule has 1 heterocycles. The van der Waals surface area contributed by atoms with Gasteiger partial charge in [0.1, 0.15) is 18.4 Å². The Morgan fingerprint density at radius 3 is 2.56 bits per heavy atom. The normalized spacial score (nSPS) is 16.3. The second-order valence-corrected chi connectivity index (χ2v) is 8.88. The number of para-hydroxylation sites is 1. The summed E-state index contributed by atoms with van der Waals surface area (Å²) >= 11 is 0. The first-order valence-corrected chi connectivity index (χ1v) is 11.1. The minimum Gasteiger partial charge on any atom is -0.489 e. The number of benzene rings is 2. The van der Waals surface area contributed by atoms with Crippen molar-refractivity contribution in [2.45, 2.75) is 24.4 Å². The number of sulfonamides is 1. The van der Waals surface area contributed by atoms with Gasteiger partial charge in [0.15, 0.2) is 0 Å². The molecule has 168 valence electrons. The molecule has 9 nitrogen and oxygen atoms in total. The average Bonchev–Trinajstić information content (AvgIpc) is 2.97. The van der Waals surface area contributed by atoms with Crippen LogP contribution in [0.3, 0.4) is 0 Å². The van der Waals surface area contributed by atoms with Gasteiger partial charge in [0, 0.05) is 19.2 Å². The van der Waals surface area contributed by atoms with Crippen molar-refractivity contribution >= 4 is 27.5 Å². The Balaban J connectivity index is 2.03. The van der Waals surface area contributed by atoms with Crippen molar-refractivity contribution in [2.75, 3.05) is 18.1 Å². The molecule has 1 unspecified atom stereocenters. The maximum absolute atomic E-state index is 13.5. The van der Waals surface area contributed by atoms with E-state index >= 15 is 0 Å². The maximum atomic E-state index is 13.5. The van der Waals surface area contributed by atoms with Crippen LogP contribution in [-0.2, 0) is 26.2 Å². The molecule has 1 atom stereocenters. The molecule has 0 radical (unpaired) electrons. The predicted molar refractivity (Wildman–Crippen MR) is 117 cm³/mol. The predicted octanol–water partition coefficient (Wildman–Crippen LogP) is 1.84. The SMILES string of the molecule is C=C=CCOc1ccc(S(=O)(=O)N2Cc3ccccc3N(C(C)=O)CC2C(=O)NO)cc1. The van der Waals surface area contributed by atoms with Gasteiger partial charge in [0.05, 0.1) is 11.4 Å². The van der Waals surface area contributed by atoms with E-state index in [1.54, 1.807) is 30.3 Å². The number of anilines is 1. The van der Waals surface area contributed by atoms with Crippen LogP contribution >= 0.6 is 0 Å². The fraction of sp³-hybridized carbons (Fsp3) is 0.227. The molecule has 0 aromatic heterocycles. The third-order valence-electron chi connectivity index (χ3n) is 5.01. The number of ether oxygens (including phenoxy) is 1. The van der Waals surface area contributed by atoms with Gasteiger partial charge in [0.25, 0.3) is 5.91 Å². The number of hydroxylamine groups is 1. The summed E-state index contributed by atoms with van der Waals surface area (Å²) in [6.45, 7) is 4.58. The molecular weight excluding hydrogens is 434 g/mol. The molecule has 0 saturated heterocycles. The zero-order chi connectivity index (χ0) is 23.3. The van der Waals surface area contributed by atoms with Gasteiger partial charge in [-0.1, -0.05) is 24.8 Å². The van der Waals surface area contributed by atoms with Crippen molar-refractivity contribution in [1.29, 1.82) is 0 Å². The second-order valence-electron chi connectivity index (χ2n) is 6.99. The van der Waals surface area contributed by atoms with E-state index in [2.05, 4.69) is 12.3 Å². The summed E-state index contributed by atoms with van der Waals surface area (Å²) in [5.41, 5.74) is 5.16. The standard InChI is InChI=1S/C22H23N3O6S/c1-3-4-13-31-18-9-11-19(12-10-18)32(29,30)25-14-17-7-5-6-8-20(17)24(16(2)26)15-21(25)22(27)23-28/h4-12,21,28H,1,13-15H2,2H3,(H,23,27). The zero-order valence-electron chi connectivity index (χ0n) is 17.4. The van der Waals surface area contributed by atoms with E-state index < -0.39 is 22.0 Å². The highest BCUT2D eigenvalue weighted by Crippen LogP contribution is 2.31. The summed E-state index contributed by atoms with van der Waals surface area (Å²) in [6, 6.07) is 11.2. The summed E-state index contributed by atoms with van der Waals surface area (Å²) < 4.78 is 33.5. The van der Waals surface area contributed by atoms with Gasteiger partial charge in [-0.3, -0.25) is 14.8 Å². The molecule has 0 spiro atoms. The molecule has 2 aromatic rings. The lowest BCUT2D eigenvalue weighted by molar-refractivity contribution is -0.133. The lowest BCUT2D eigenvalue weighted by Gasteiger charge is -2.29. The summed E-state index contributed by atoms with van der Waals surface area (Å²) in [7, 11) is -4.19. The average molecular weight is 458 g/mol. The molecule has 1 aliphatic rings. The zero-order valence-corrected chi connectivity index (χ0v) is 18.2. The Kier molecular flexibility index (Phi) is 7.12. The van der Waals surface area contributed by atoms with E-state index in [9.17, 15) is 23.2 Å². The molecule has 0 bridgehead atoms. The van der Waals surface area contributed by atoms with Crippen LogP contribution in [-0.4, -0.2) is 48.9 Å². The lowest BCUT2D eigenvalue weighted by Crippen LogP contribution is -2.53. The topological polar surface area (TPSA) is 116 Å². The number of carbonyl (C=O) groups is 2. The highest BCUT2D eigenvalue weighted by Gasteiger charge is 2.40. The first-order valence-electron chi connectivity index (χ1n) is 9.68. The van der Waals surface area contributed by atoms with Gasteiger partial charge in [0.2, 0.25) is 15.9 Å². The van der Waals surface area contributed by atoms with Crippen LogP contribution in [0.4, 0.5) is 5.69 Å². The van der Waals surface area contributed by atoms with Crippen molar-refractivity contribution < 1.29 is 28.0 Å². The molecule has 0 aliphatic carbocycles. The van der Waals surface area contributed by atoms with Gasteiger partial charge < -0.3 is 9.64 Å². The smallest absolute Gasteiger partial charge is 0.263 e. The number of fused-ring (bicyclic) bond motifs is 1. The molecular formula is C22H23N3O6S. The fourth-order valence-corrected chi connectivity index (χ4v) is 4.98.